The molecule has 0 aliphatic rings. The Bertz CT molecular complexity index is 1050. The lowest BCUT2D eigenvalue weighted by Crippen LogP contribution is -2.38. The summed E-state index contributed by atoms with van der Waals surface area (Å²) in [5, 5.41) is 4.81. The van der Waals surface area contributed by atoms with Crippen LogP contribution in [0.2, 0.25) is 0 Å². The molecular weight excluding hydrogens is 384 g/mol. The smallest absolute Gasteiger partial charge is 0.315 e. The standard InChI is InChI=1S/C27H26N2O2/c1-26(2,25(30)31-3)24-19-28-29(20-24)27(21-13-7-4-8-14-21,22-15-9-5-10-16-22)23-17-11-6-12-18-23/h4-20H,1-3H3. The molecule has 4 rings (SSSR count). The van der Waals surface area contributed by atoms with Gasteiger partial charge in [0.05, 0.1) is 18.7 Å². The molecule has 0 saturated heterocycles. The number of ether oxygens (including phenoxy) is 1. The van der Waals surface area contributed by atoms with Crippen LogP contribution in [0.4, 0.5) is 0 Å². The summed E-state index contributed by atoms with van der Waals surface area (Å²) in [6.07, 6.45) is 3.73. The Kier molecular flexibility index (Phi) is 5.47. The topological polar surface area (TPSA) is 44.1 Å². The molecule has 0 N–H and O–H groups in total. The van der Waals surface area contributed by atoms with E-state index in [2.05, 4.69) is 36.4 Å². The third-order valence-corrected chi connectivity index (χ3v) is 5.92. The molecule has 31 heavy (non-hydrogen) atoms. The minimum atomic E-state index is -0.817. The molecule has 0 unspecified atom stereocenters. The fourth-order valence-electron chi connectivity index (χ4n) is 4.14. The summed E-state index contributed by atoms with van der Waals surface area (Å²) in [4.78, 5) is 12.4. The molecular formula is C27H26N2O2. The summed E-state index contributed by atoms with van der Waals surface area (Å²) in [5.41, 5.74) is 2.53. The van der Waals surface area contributed by atoms with Gasteiger partial charge in [-0.25, -0.2) is 0 Å². The zero-order valence-corrected chi connectivity index (χ0v) is 18.0. The number of carbonyl (C=O) groups is 1. The third kappa shape index (κ3) is 3.44. The van der Waals surface area contributed by atoms with E-state index in [1.54, 1.807) is 6.20 Å². The van der Waals surface area contributed by atoms with Gasteiger partial charge < -0.3 is 4.74 Å². The first-order valence-electron chi connectivity index (χ1n) is 10.3. The van der Waals surface area contributed by atoms with Gasteiger partial charge in [-0.1, -0.05) is 91.0 Å². The maximum atomic E-state index is 12.4. The lowest BCUT2D eigenvalue weighted by Gasteiger charge is -2.36. The lowest BCUT2D eigenvalue weighted by atomic mass is 9.77. The van der Waals surface area contributed by atoms with Gasteiger partial charge in [0.15, 0.2) is 0 Å². The number of hydrogen-bond acceptors (Lipinski definition) is 3. The molecule has 4 aromatic rings. The van der Waals surface area contributed by atoms with Gasteiger partial charge in [-0.05, 0) is 30.5 Å². The van der Waals surface area contributed by atoms with Crippen molar-refractivity contribution in [2.75, 3.05) is 7.11 Å². The Morgan fingerprint density at radius 3 is 1.55 bits per heavy atom. The summed E-state index contributed by atoms with van der Waals surface area (Å²) < 4.78 is 7.01. The molecule has 0 bridgehead atoms. The summed E-state index contributed by atoms with van der Waals surface area (Å²) in [5.74, 6) is -0.295. The number of methoxy groups -OCH3 is 1. The summed E-state index contributed by atoms with van der Waals surface area (Å²) >= 11 is 0. The predicted molar refractivity (Wildman–Crippen MR) is 122 cm³/mol. The normalized spacial score (nSPS) is 11.8. The quantitative estimate of drug-likeness (QED) is 0.325. The van der Waals surface area contributed by atoms with Gasteiger partial charge in [0.2, 0.25) is 0 Å². The summed E-state index contributed by atoms with van der Waals surface area (Å²) in [7, 11) is 1.41. The molecule has 4 heteroatoms. The van der Waals surface area contributed by atoms with Crippen molar-refractivity contribution in [1.82, 2.24) is 9.78 Å². The molecule has 156 valence electrons. The molecule has 0 radical (unpaired) electrons. The Balaban J connectivity index is 2.04. The molecule has 3 aromatic carbocycles. The van der Waals surface area contributed by atoms with Crippen molar-refractivity contribution in [1.29, 1.82) is 0 Å². The molecule has 4 nitrogen and oxygen atoms in total. The first kappa shape index (κ1) is 20.6. The molecule has 0 spiro atoms. The number of benzene rings is 3. The van der Waals surface area contributed by atoms with Gasteiger partial charge in [0.1, 0.15) is 5.54 Å². The second kappa shape index (κ2) is 8.23. The fourth-order valence-corrected chi connectivity index (χ4v) is 4.14. The van der Waals surface area contributed by atoms with Crippen LogP contribution in [0.3, 0.4) is 0 Å². The van der Waals surface area contributed by atoms with Crippen molar-refractivity contribution >= 4 is 5.97 Å². The van der Waals surface area contributed by atoms with Gasteiger partial charge in [0, 0.05) is 11.8 Å². The number of hydrogen-bond donors (Lipinski definition) is 0. The summed E-state index contributed by atoms with van der Waals surface area (Å²) in [6.45, 7) is 3.71. The SMILES string of the molecule is COC(=O)C(C)(C)c1cnn(C(c2ccccc2)(c2ccccc2)c2ccccc2)c1. The average molecular weight is 411 g/mol. The van der Waals surface area contributed by atoms with E-state index in [0.717, 1.165) is 22.3 Å². The van der Waals surface area contributed by atoms with E-state index in [-0.39, 0.29) is 5.97 Å². The van der Waals surface area contributed by atoms with Crippen LogP contribution in [-0.2, 0) is 20.5 Å². The minimum absolute atomic E-state index is 0.295. The van der Waals surface area contributed by atoms with Crippen LogP contribution in [0.15, 0.2) is 103 Å². The van der Waals surface area contributed by atoms with Crippen molar-refractivity contribution in [3.05, 3.63) is 126 Å². The summed E-state index contributed by atoms with van der Waals surface area (Å²) in [6, 6.07) is 31.0. The maximum absolute atomic E-state index is 12.4. The second-order valence-corrected chi connectivity index (χ2v) is 8.10. The lowest BCUT2D eigenvalue weighted by molar-refractivity contribution is -0.146. The van der Waals surface area contributed by atoms with Crippen molar-refractivity contribution in [2.45, 2.75) is 24.8 Å². The van der Waals surface area contributed by atoms with Gasteiger partial charge >= 0.3 is 5.97 Å². The third-order valence-electron chi connectivity index (χ3n) is 5.92. The number of esters is 1. The van der Waals surface area contributed by atoms with Gasteiger partial charge in [-0.2, -0.15) is 5.10 Å². The van der Waals surface area contributed by atoms with Crippen LogP contribution in [0.1, 0.15) is 36.1 Å². The first-order chi connectivity index (χ1) is 15.0. The fraction of sp³-hybridized carbons (Fsp3) is 0.185. The average Bonchev–Trinajstić information content (AvgIpc) is 3.32. The highest BCUT2D eigenvalue weighted by Gasteiger charge is 2.41. The molecule has 0 atom stereocenters. The minimum Gasteiger partial charge on any atom is -0.468 e. The highest BCUT2D eigenvalue weighted by atomic mass is 16.5. The van der Waals surface area contributed by atoms with Crippen molar-refractivity contribution in [3.63, 3.8) is 0 Å². The maximum Gasteiger partial charge on any atom is 0.315 e. The monoisotopic (exact) mass is 410 g/mol. The van der Waals surface area contributed by atoms with Gasteiger partial charge in [-0.15, -0.1) is 0 Å². The van der Waals surface area contributed by atoms with E-state index >= 15 is 0 Å². The molecule has 0 fully saturated rings. The van der Waals surface area contributed by atoms with E-state index in [0.29, 0.717) is 0 Å². The van der Waals surface area contributed by atoms with Crippen LogP contribution in [-0.4, -0.2) is 22.9 Å². The van der Waals surface area contributed by atoms with Gasteiger partial charge in [0.25, 0.3) is 0 Å². The highest BCUT2D eigenvalue weighted by Crippen LogP contribution is 2.41. The van der Waals surface area contributed by atoms with Crippen molar-refractivity contribution in [3.8, 4) is 0 Å². The first-order valence-corrected chi connectivity index (χ1v) is 10.3. The molecule has 1 aromatic heterocycles. The van der Waals surface area contributed by atoms with Gasteiger partial charge in [-0.3, -0.25) is 9.48 Å². The second-order valence-electron chi connectivity index (χ2n) is 8.10. The Morgan fingerprint density at radius 1 is 0.742 bits per heavy atom. The highest BCUT2D eigenvalue weighted by molar-refractivity contribution is 5.81. The zero-order valence-electron chi connectivity index (χ0n) is 18.0. The Morgan fingerprint density at radius 2 is 1.16 bits per heavy atom. The van der Waals surface area contributed by atoms with Crippen molar-refractivity contribution < 1.29 is 9.53 Å². The Hall–Kier alpha value is -3.66. The van der Waals surface area contributed by atoms with E-state index in [1.807, 2.05) is 79.3 Å². The van der Waals surface area contributed by atoms with Crippen LogP contribution < -0.4 is 0 Å². The van der Waals surface area contributed by atoms with E-state index < -0.39 is 11.0 Å². The molecule has 0 aliphatic carbocycles. The Labute approximate surface area is 183 Å². The molecule has 0 aliphatic heterocycles. The van der Waals surface area contributed by atoms with Crippen molar-refractivity contribution in [2.24, 2.45) is 0 Å². The number of aromatic nitrogens is 2. The van der Waals surface area contributed by atoms with Crippen LogP contribution in [0, 0.1) is 0 Å². The van der Waals surface area contributed by atoms with E-state index in [4.69, 9.17) is 9.84 Å². The molecule has 0 saturated carbocycles. The van der Waals surface area contributed by atoms with Crippen LogP contribution in [0.25, 0.3) is 0 Å². The molecule has 0 amide bonds. The van der Waals surface area contributed by atoms with E-state index in [9.17, 15) is 4.79 Å². The van der Waals surface area contributed by atoms with E-state index in [1.165, 1.54) is 7.11 Å². The number of carbonyl (C=O) groups excluding carboxylic acids is 1. The number of nitrogens with zero attached hydrogens (tertiary/aromatic N) is 2. The largest absolute Gasteiger partial charge is 0.468 e. The zero-order chi connectivity index (χ0) is 21.9. The molecule has 1 heterocycles. The number of rotatable bonds is 6. The van der Waals surface area contributed by atoms with Crippen LogP contribution >= 0.6 is 0 Å². The van der Waals surface area contributed by atoms with Crippen LogP contribution in [0.5, 0.6) is 0 Å². The predicted octanol–water partition coefficient (Wildman–Crippen LogP) is 5.17.